The number of carbonyl (C=O) groups excluding carboxylic acids is 1. The molecule has 4 heteroatoms. The van der Waals surface area contributed by atoms with Crippen molar-refractivity contribution < 1.29 is 18.7 Å². The van der Waals surface area contributed by atoms with Gasteiger partial charge in [0.15, 0.2) is 0 Å². The van der Waals surface area contributed by atoms with Crippen LogP contribution in [0.2, 0.25) is 0 Å². The molecule has 3 nitrogen and oxygen atoms in total. The second kappa shape index (κ2) is 9.08. The zero-order valence-corrected chi connectivity index (χ0v) is 23.6. The van der Waals surface area contributed by atoms with E-state index in [-0.39, 0.29) is 28.0 Å². The number of hydrogen-bond acceptors (Lipinski definition) is 3. The average Bonchev–Trinajstić information content (AvgIpc) is 3.19. The van der Waals surface area contributed by atoms with E-state index in [1.807, 2.05) is 18.2 Å². The maximum Gasteiger partial charge on any atom is 0.131 e. The zero-order valence-electron chi connectivity index (χ0n) is 23.6. The van der Waals surface area contributed by atoms with Crippen LogP contribution in [0.25, 0.3) is 16.7 Å². The highest BCUT2D eigenvalue weighted by Crippen LogP contribution is 2.73. The number of aryl methyl sites for hydroxylation is 1. The number of rotatable bonds is 7. The molecule has 0 aliphatic heterocycles. The summed E-state index contributed by atoms with van der Waals surface area (Å²) in [4.78, 5) is 11.9. The van der Waals surface area contributed by atoms with Crippen LogP contribution in [0.1, 0.15) is 69.2 Å². The molecule has 3 aliphatic carbocycles. The summed E-state index contributed by atoms with van der Waals surface area (Å²) in [5, 5.41) is 0. The first-order chi connectivity index (χ1) is 18.6. The highest BCUT2D eigenvalue weighted by Gasteiger charge is 2.73. The van der Waals surface area contributed by atoms with Crippen LogP contribution in [0, 0.1) is 22.6 Å². The zero-order chi connectivity index (χ0) is 27.6. The van der Waals surface area contributed by atoms with Crippen molar-refractivity contribution in [2.45, 2.75) is 65.4 Å². The first-order valence-electron chi connectivity index (χ1n) is 14.0. The normalized spacial score (nSPS) is 23.8. The van der Waals surface area contributed by atoms with Gasteiger partial charge in [0.05, 0.1) is 7.11 Å². The van der Waals surface area contributed by atoms with Crippen molar-refractivity contribution in [3.05, 3.63) is 88.7 Å². The van der Waals surface area contributed by atoms with Crippen LogP contribution in [-0.4, -0.2) is 13.4 Å². The molecule has 0 bridgehead atoms. The van der Waals surface area contributed by atoms with Crippen molar-refractivity contribution in [1.82, 2.24) is 0 Å². The molecule has 3 aromatic rings. The Morgan fingerprint density at radius 1 is 0.923 bits per heavy atom. The molecule has 202 valence electrons. The Labute approximate surface area is 231 Å². The SMILES string of the molecule is COc1ccc(F)c(-c2ccc(COc3ccc4c(c3)[C@@]3(CC4)[C@@H](C=O)C3(C)C)cc2C2=CCCC2(C)C)c1. The monoisotopic (exact) mass is 524 g/mol. The van der Waals surface area contributed by atoms with Gasteiger partial charge in [0.1, 0.15) is 30.2 Å². The lowest BCUT2D eigenvalue weighted by Crippen LogP contribution is -2.11. The number of methoxy groups -OCH3 is 1. The van der Waals surface area contributed by atoms with Gasteiger partial charge in [-0.1, -0.05) is 52.0 Å². The molecule has 39 heavy (non-hydrogen) atoms. The first-order valence-corrected chi connectivity index (χ1v) is 14.0. The Bertz CT molecular complexity index is 1500. The van der Waals surface area contributed by atoms with Crippen molar-refractivity contribution >= 4 is 11.9 Å². The minimum Gasteiger partial charge on any atom is -0.497 e. The predicted molar refractivity (Wildman–Crippen MR) is 153 cm³/mol. The van der Waals surface area contributed by atoms with E-state index in [0.29, 0.717) is 17.9 Å². The van der Waals surface area contributed by atoms with Crippen LogP contribution in [0.5, 0.6) is 11.5 Å². The molecule has 0 aromatic heterocycles. The third-order valence-electron chi connectivity index (χ3n) is 9.95. The summed E-state index contributed by atoms with van der Waals surface area (Å²) in [6.45, 7) is 9.35. The topological polar surface area (TPSA) is 35.5 Å². The van der Waals surface area contributed by atoms with E-state index < -0.39 is 0 Å². The van der Waals surface area contributed by atoms with Crippen molar-refractivity contribution in [3.63, 3.8) is 0 Å². The van der Waals surface area contributed by atoms with Crippen molar-refractivity contribution in [2.24, 2.45) is 16.7 Å². The maximum absolute atomic E-state index is 15.1. The van der Waals surface area contributed by atoms with E-state index in [1.165, 1.54) is 22.8 Å². The number of benzene rings is 3. The van der Waals surface area contributed by atoms with Gasteiger partial charge in [-0.25, -0.2) is 4.39 Å². The van der Waals surface area contributed by atoms with Gasteiger partial charge in [0.25, 0.3) is 0 Å². The van der Waals surface area contributed by atoms with Crippen LogP contribution in [0.15, 0.2) is 60.7 Å². The van der Waals surface area contributed by atoms with Gasteiger partial charge in [-0.15, -0.1) is 0 Å². The quantitative estimate of drug-likeness (QED) is 0.292. The molecule has 1 saturated carbocycles. The Kier molecular flexibility index (Phi) is 6.02. The van der Waals surface area contributed by atoms with Crippen LogP contribution in [0.4, 0.5) is 4.39 Å². The minimum atomic E-state index is -0.263. The Morgan fingerprint density at radius 2 is 1.72 bits per heavy atom. The van der Waals surface area contributed by atoms with E-state index in [1.54, 1.807) is 19.2 Å². The molecule has 0 radical (unpaired) electrons. The lowest BCUT2D eigenvalue weighted by atomic mass is 9.79. The van der Waals surface area contributed by atoms with Gasteiger partial charge < -0.3 is 14.3 Å². The van der Waals surface area contributed by atoms with E-state index in [9.17, 15) is 4.79 Å². The molecule has 1 fully saturated rings. The molecular weight excluding hydrogens is 487 g/mol. The average molecular weight is 525 g/mol. The van der Waals surface area contributed by atoms with Crippen LogP contribution < -0.4 is 9.47 Å². The van der Waals surface area contributed by atoms with E-state index in [0.717, 1.165) is 54.4 Å². The molecule has 0 amide bonds. The maximum atomic E-state index is 15.1. The van der Waals surface area contributed by atoms with Crippen molar-refractivity contribution in [2.75, 3.05) is 7.11 Å². The van der Waals surface area contributed by atoms with Gasteiger partial charge >= 0.3 is 0 Å². The van der Waals surface area contributed by atoms with E-state index in [4.69, 9.17) is 9.47 Å². The number of carbonyl (C=O) groups is 1. The summed E-state index contributed by atoms with van der Waals surface area (Å²) < 4.78 is 26.8. The van der Waals surface area contributed by atoms with E-state index in [2.05, 4.69) is 52.0 Å². The summed E-state index contributed by atoms with van der Waals surface area (Å²) in [6.07, 6.45) is 7.56. The Morgan fingerprint density at radius 3 is 2.41 bits per heavy atom. The number of halogens is 1. The minimum absolute atomic E-state index is 0.00403. The van der Waals surface area contributed by atoms with Gasteiger partial charge in [-0.05, 0) is 106 Å². The fourth-order valence-corrected chi connectivity index (χ4v) is 7.53. The van der Waals surface area contributed by atoms with Gasteiger partial charge in [0, 0.05) is 16.9 Å². The fourth-order valence-electron chi connectivity index (χ4n) is 7.53. The van der Waals surface area contributed by atoms with Gasteiger partial charge in [-0.3, -0.25) is 0 Å². The standard InChI is InChI=1S/C35H37FO3/c1-33(2)15-6-7-29(33)27-17-22(8-12-26(27)28-18-24(38-5)11-13-31(28)36)21-39-25-10-9-23-14-16-35(30(23)19-25)32(20-37)34(35,3)4/h7-13,17-20,32H,6,14-16,21H2,1-5H3/t32-,35-/m0/s1. The molecule has 0 heterocycles. The van der Waals surface area contributed by atoms with Crippen LogP contribution in [-0.2, 0) is 23.2 Å². The summed E-state index contributed by atoms with van der Waals surface area (Å²) in [7, 11) is 1.60. The lowest BCUT2D eigenvalue weighted by molar-refractivity contribution is -0.109. The summed E-state index contributed by atoms with van der Waals surface area (Å²) in [5.74, 6) is 1.26. The molecule has 2 atom stereocenters. The second-order valence-corrected chi connectivity index (χ2v) is 12.7. The smallest absolute Gasteiger partial charge is 0.131 e. The second-order valence-electron chi connectivity index (χ2n) is 12.7. The highest BCUT2D eigenvalue weighted by molar-refractivity contribution is 5.85. The number of fused-ring (bicyclic) bond motifs is 2. The molecule has 1 spiro atoms. The molecule has 0 saturated heterocycles. The number of hydrogen-bond donors (Lipinski definition) is 0. The largest absolute Gasteiger partial charge is 0.497 e. The highest BCUT2D eigenvalue weighted by atomic mass is 19.1. The summed E-state index contributed by atoms with van der Waals surface area (Å²) >= 11 is 0. The third kappa shape index (κ3) is 3.94. The molecule has 3 aromatic carbocycles. The Balaban J connectivity index is 1.33. The number of ether oxygens (including phenoxy) is 2. The number of allylic oxidation sites excluding steroid dienone is 2. The van der Waals surface area contributed by atoms with Crippen LogP contribution in [0.3, 0.4) is 0 Å². The molecule has 0 N–H and O–H groups in total. The fraction of sp³-hybridized carbons (Fsp3) is 0.400. The number of aldehydes is 1. The molecular formula is C35H37FO3. The molecule has 6 rings (SSSR count). The summed E-state index contributed by atoms with van der Waals surface area (Å²) in [6, 6.07) is 17.5. The molecule has 0 unspecified atom stereocenters. The predicted octanol–water partition coefficient (Wildman–Crippen LogP) is 8.32. The van der Waals surface area contributed by atoms with E-state index >= 15 is 4.39 Å². The lowest BCUT2D eigenvalue weighted by Gasteiger charge is -2.25. The van der Waals surface area contributed by atoms with Crippen LogP contribution >= 0.6 is 0 Å². The Hall–Kier alpha value is -3.40. The third-order valence-corrected chi connectivity index (χ3v) is 9.95. The van der Waals surface area contributed by atoms with Gasteiger partial charge in [-0.2, -0.15) is 0 Å². The molecule has 3 aliphatic rings. The van der Waals surface area contributed by atoms with Crippen molar-refractivity contribution in [3.8, 4) is 22.6 Å². The summed E-state index contributed by atoms with van der Waals surface area (Å²) in [5.41, 5.74) is 7.29. The first kappa shape index (κ1) is 25.9. The van der Waals surface area contributed by atoms with Crippen molar-refractivity contribution in [1.29, 1.82) is 0 Å². The van der Waals surface area contributed by atoms with Gasteiger partial charge in [0.2, 0.25) is 0 Å².